The molecule has 4 aromatic rings. The highest BCUT2D eigenvalue weighted by atomic mass is 35.5. The zero-order valence-electron chi connectivity index (χ0n) is 25.1. The van der Waals surface area contributed by atoms with Gasteiger partial charge >= 0.3 is 0 Å². The van der Waals surface area contributed by atoms with Crippen molar-refractivity contribution in [3.63, 3.8) is 0 Å². The van der Waals surface area contributed by atoms with E-state index in [2.05, 4.69) is 53.6 Å². The molecule has 46 heavy (non-hydrogen) atoms. The lowest BCUT2D eigenvalue weighted by Crippen LogP contribution is -2.45. The van der Waals surface area contributed by atoms with Crippen LogP contribution in [0.25, 0.3) is 22.3 Å². The predicted octanol–water partition coefficient (Wildman–Crippen LogP) is 6.88. The fourth-order valence-corrected chi connectivity index (χ4v) is 6.42. The van der Waals surface area contributed by atoms with Crippen molar-refractivity contribution in [3.8, 4) is 22.3 Å². The highest BCUT2D eigenvalue weighted by Gasteiger charge is 2.21. The molecule has 2 fully saturated rings. The summed E-state index contributed by atoms with van der Waals surface area (Å²) in [5.74, 6) is 1.97. The molecule has 0 atom stereocenters. The van der Waals surface area contributed by atoms with Gasteiger partial charge in [0.2, 0.25) is 11.9 Å². The summed E-state index contributed by atoms with van der Waals surface area (Å²) in [6.07, 6.45) is 3.34. The Kier molecular flexibility index (Phi) is 11.4. The third kappa shape index (κ3) is 8.11. The van der Waals surface area contributed by atoms with Crippen LogP contribution in [-0.4, -0.2) is 96.2 Å². The lowest BCUT2D eigenvalue weighted by atomic mass is 10.1. The Labute approximate surface area is 298 Å². The van der Waals surface area contributed by atoms with E-state index in [-0.39, 0.29) is 0 Å². The molecule has 6 rings (SSSR count). The Morgan fingerprint density at radius 2 is 0.870 bits per heavy atom. The van der Waals surface area contributed by atoms with E-state index < -0.39 is 0 Å². The zero-order chi connectivity index (χ0) is 33.1. The summed E-state index contributed by atoms with van der Waals surface area (Å²) in [5.41, 5.74) is 14.8. The van der Waals surface area contributed by atoms with Gasteiger partial charge in [-0.1, -0.05) is 69.6 Å². The molecule has 0 unspecified atom stereocenters. The van der Waals surface area contributed by atoms with Gasteiger partial charge in [0, 0.05) is 97.1 Å². The number of halogens is 6. The van der Waals surface area contributed by atoms with E-state index in [0.717, 1.165) is 52.4 Å². The number of nitrogens with two attached hydrogens (primary N) is 2. The van der Waals surface area contributed by atoms with E-state index in [0.29, 0.717) is 75.9 Å². The highest BCUT2D eigenvalue weighted by Crippen LogP contribution is 2.39. The Hall–Kier alpha value is -2.54. The molecule has 2 aliphatic rings. The molecule has 4 N–H and O–H groups in total. The van der Waals surface area contributed by atoms with Gasteiger partial charge < -0.3 is 31.1 Å². The first kappa shape index (κ1) is 34.8. The summed E-state index contributed by atoms with van der Waals surface area (Å²) in [6.45, 7) is 7.39. The van der Waals surface area contributed by atoms with Crippen LogP contribution in [-0.2, 0) is 0 Å². The Morgan fingerprint density at radius 3 is 1.20 bits per heavy atom. The molecule has 2 aliphatic heterocycles. The fraction of sp³-hybridized carbons (Fsp3) is 0.333. The van der Waals surface area contributed by atoms with Crippen LogP contribution in [0, 0.1) is 0 Å². The molecule has 2 saturated heterocycles. The third-order valence-electron chi connectivity index (χ3n) is 7.75. The number of piperazine rings is 2. The summed E-state index contributed by atoms with van der Waals surface area (Å²) in [5, 5.41) is 2.49. The number of aromatic nitrogens is 4. The first-order chi connectivity index (χ1) is 21.9. The molecular weight excluding hydrogens is 713 g/mol. The second kappa shape index (κ2) is 15.1. The molecule has 0 radical (unpaired) electrons. The average molecular weight is 745 g/mol. The maximum absolute atomic E-state index is 6.26. The minimum absolute atomic E-state index is 0.356. The second-order valence-corrected chi connectivity index (χ2v) is 13.5. The van der Waals surface area contributed by atoms with Crippen LogP contribution in [0.1, 0.15) is 0 Å². The molecule has 2 aromatic carbocycles. The number of hydrogen-bond acceptors (Lipinski definition) is 10. The lowest BCUT2D eigenvalue weighted by molar-refractivity contribution is 0.311. The van der Waals surface area contributed by atoms with Crippen LogP contribution >= 0.6 is 69.6 Å². The van der Waals surface area contributed by atoms with Gasteiger partial charge in [0.25, 0.3) is 0 Å². The molecule has 0 spiro atoms. The van der Waals surface area contributed by atoms with Gasteiger partial charge in [0.05, 0.1) is 20.1 Å². The molecule has 0 aliphatic carbocycles. The van der Waals surface area contributed by atoms with Gasteiger partial charge in [-0.2, -0.15) is 9.97 Å². The summed E-state index contributed by atoms with van der Waals surface area (Å²) in [6, 6.07) is 6.59. The van der Waals surface area contributed by atoms with Crippen molar-refractivity contribution in [2.24, 2.45) is 0 Å². The molecule has 4 heterocycles. The van der Waals surface area contributed by atoms with Gasteiger partial charge in [-0.25, -0.2) is 9.97 Å². The number of nitrogen functional groups attached to an aromatic ring is 2. The van der Waals surface area contributed by atoms with E-state index in [9.17, 15) is 0 Å². The number of nitrogens with zero attached hydrogens (tertiary/aromatic N) is 8. The SMILES string of the molecule is CN1CCN(c2ncc(-c3cc(Cl)cc(Cl)c3Cl)c(N)n2)CC1.CN1CCN(c2ncc(-c3cc(Cl)cc(Cl)c3Cl)c(N)n2)CC1. The van der Waals surface area contributed by atoms with Crippen molar-refractivity contribution in [2.75, 3.05) is 87.7 Å². The van der Waals surface area contributed by atoms with E-state index in [1.807, 2.05) is 0 Å². The molecule has 0 saturated carbocycles. The van der Waals surface area contributed by atoms with E-state index >= 15 is 0 Å². The Bertz CT molecular complexity index is 1580. The molecule has 16 heteroatoms. The molecule has 0 amide bonds. The standard InChI is InChI=1S/2C15H16Cl3N5/c2*1-22-2-4-23(5-3-22)15-20-8-11(14(19)21-15)10-6-9(16)7-12(17)13(10)18/h2*6-8H,2-5H2,1H3,(H2,19,20,21). The number of benzene rings is 2. The molecule has 10 nitrogen and oxygen atoms in total. The van der Waals surface area contributed by atoms with Crippen LogP contribution in [0.2, 0.25) is 30.1 Å². The first-order valence-corrected chi connectivity index (χ1v) is 16.6. The lowest BCUT2D eigenvalue weighted by Gasteiger charge is -2.32. The van der Waals surface area contributed by atoms with Crippen molar-refractivity contribution in [1.82, 2.24) is 29.7 Å². The first-order valence-electron chi connectivity index (χ1n) is 14.3. The smallest absolute Gasteiger partial charge is 0.227 e. The van der Waals surface area contributed by atoms with Gasteiger partial charge in [-0.05, 0) is 38.4 Å². The van der Waals surface area contributed by atoms with Crippen molar-refractivity contribution in [2.45, 2.75) is 0 Å². The van der Waals surface area contributed by atoms with Gasteiger partial charge in [0.1, 0.15) is 11.6 Å². The molecule has 244 valence electrons. The summed E-state index contributed by atoms with van der Waals surface area (Å²) in [4.78, 5) is 26.5. The van der Waals surface area contributed by atoms with Crippen LogP contribution in [0.5, 0.6) is 0 Å². The Balaban J connectivity index is 0.000000181. The second-order valence-electron chi connectivity index (χ2n) is 11.0. The largest absolute Gasteiger partial charge is 0.383 e. The van der Waals surface area contributed by atoms with Crippen LogP contribution in [0.3, 0.4) is 0 Å². The summed E-state index contributed by atoms with van der Waals surface area (Å²) < 4.78 is 0. The van der Waals surface area contributed by atoms with Crippen molar-refractivity contribution >= 4 is 93.1 Å². The Morgan fingerprint density at radius 1 is 0.522 bits per heavy atom. The molecular formula is C30H32Cl6N10. The van der Waals surface area contributed by atoms with E-state index in [1.165, 1.54) is 0 Å². The van der Waals surface area contributed by atoms with E-state index in [4.69, 9.17) is 81.1 Å². The minimum Gasteiger partial charge on any atom is -0.383 e. The quantitative estimate of drug-likeness (QED) is 0.215. The minimum atomic E-state index is 0.356. The maximum Gasteiger partial charge on any atom is 0.227 e. The molecule has 0 bridgehead atoms. The van der Waals surface area contributed by atoms with Gasteiger partial charge in [-0.15, -0.1) is 0 Å². The number of rotatable bonds is 4. The summed E-state index contributed by atoms with van der Waals surface area (Å²) >= 11 is 36.8. The van der Waals surface area contributed by atoms with Crippen LogP contribution < -0.4 is 21.3 Å². The number of likely N-dealkylation sites (N-methyl/N-ethyl adjacent to an activating group) is 2. The van der Waals surface area contributed by atoms with E-state index in [1.54, 1.807) is 36.7 Å². The third-order valence-corrected chi connectivity index (χ3v) is 9.79. The fourth-order valence-electron chi connectivity index (χ4n) is 5.01. The predicted molar refractivity (Wildman–Crippen MR) is 193 cm³/mol. The number of anilines is 4. The van der Waals surface area contributed by atoms with Crippen LogP contribution in [0.4, 0.5) is 23.5 Å². The van der Waals surface area contributed by atoms with Gasteiger partial charge in [0.15, 0.2) is 0 Å². The van der Waals surface area contributed by atoms with Crippen molar-refractivity contribution in [3.05, 3.63) is 66.8 Å². The topological polar surface area (TPSA) is 117 Å². The van der Waals surface area contributed by atoms with Gasteiger partial charge in [-0.3, -0.25) is 0 Å². The van der Waals surface area contributed by atoms with Crippen molar-refractivity contribution < 1.29 is 0 Å². The highest BCUT2D eigenvalue weighted by molar-refractivity contribution is 6.45. The van der Waals surface area contributed by atoms with Crippen LogP contribution in [0.15, 0.2) is 36.7 Å². The van der Waals surface area contributed by atoms with Crippen molar-refractivity contribution in [1.29, 1.82) is 0 Å². The number of hydrogen-bond donors (Lipinski definition) is 2. The maximum atomic E-state index is 6.26. The summed E-state index contributed by atoms with van der Waals surface area (Å²) in [7, 11) is 4.20. The normalized spacial score (nSPS) is 15.9. The average Bonchev–Trinajstić information content (AvgIpc) is 3.02. The monoisotopic (exact) mass is 742 g/mol. The zero-order valence-corrected chi connectivity index (χ0v) is 29.7. The molecule has 2 aromatic heterocycles.